The maximum Gasteiger partial charge on any atom is 0.370 e. The van der Waals surface area contributed by atoms with Gasteiger partial charge in [0.15, 0.2) is 5.56 Å². The molecule has 0 saturated heterocycles. The molecule has 0 spiro atoms. The van der Waals surface area contributed by atoms with E-state index < -0.39 is 11.5 Å². The highest BCUT2D eigenvalue weighted by atomic mass is 16.5. The summed E-state index contributed by atoms with van der Waals surface area (Å²) in [5.74, 6) is -0.477. The van der Waals surface area contributed by atoms with Gasteiger partial charge in [0.2, 0.25) is 0 Å². The number of hydrogen-bond acceptors (Lipinski definition) is 3. The first-order chi connectivity index (χ1) is 11.5. The van der Waals surface area contributed by atoms with E-state index in [0.717, 1.165) is 16.7 Å². The predicted molar refractivity (Wildman–Crippen MR) is 93.3 cm³/mol. The minimum atomic E-state index is -0.654. The van der Waals surface area contributed by atoms with Gasteiger partial charge in [-0.2, -0.15) is 0 Å². The third kappa shape index (κ3) is 2.88. The molecule has 5 heteroatoms. The monoisotopic (exact) mass is 322 g/mol. The Hall–Kier alpha value is -3.08. The van der Waals surface area contributed by atoms with Crippen LogP contribution in [0.5, 0.6) is 0 Å². The zero-order valence-electron chi connectivity index (χ0n) is 13.8. The second-order valence-electron chi connectivity index (χ2n) is 5.74. The van der Waals surface area contributed by atoms with Crippen molar-refractivity contribution in [2.45, 2.75) is 13.8 Å². The van der Waals surface area contributed by atoms with Crippen LogP contribution < -0.4 is 10.9 Å². The van der Waals surface area contributed by atoms with Crippen LogP contribution in [0.4, 0.5) is 5.69 Å². The third-order valence-electron chi connectivity index (χ3n) is 3.88. The molecule has 3 rings (SSSR count). The second kappa shape index (κ2) is 6.20. The molecule has 0 aliphatic rings. The lowest BCUT2D eigenvalue weighted by atomic mass is 10.1. The molecule has 0 radical (unpaired) electrons. The van der Waals surface area contributed by atoms with Gasteiger partial charge in [-0.15, -0.1) is 0 Å². The normalized spacial score (nSPS) is 10.6. The zero-order chi connectivity index (χ0) is 17.3. The molecule has 0 atom stereocenters. The van der Waals surface area contributed by atoms with Crippen molar-refractivity contribution in [1.29, 1.82) is 0 Å². The van der Waals surface area contributed by atoms with Crippen LogP contribution in [0, 0.1) is 13.8 Å². The second-order valence-corrected chi connectivity index (χ2v) is 5.74. The average Bonchev–Trinajstić information content (AvgIpc) is 2.85. The maximum absolute atomic E-state index is 12.7. The Kier molecular flexibility index (Phi) is 4.08. The average molecular weight is 322 g/mol. The Bertz CT molecular complexity index is 952. The number of anilines is 1. The van der Waals surface area contributed by atoms with Gasteiger partial charge in [0, 0.05) is 18.3 Å². The van der Waals surface area contributed by atoms with Crippen molar-refractivity contribution in [3.8, 4) is 11.3 Å². The number of carbonyl (C=O) groups is 1. The first-order valence-electron chi connectivity index (χ1n) is 7.61. The van der Waals surface area contributed by atoms with E-state index in [1.165, 1.54) is 4.74 Å². The highest BCUT2D eigenvalue weighted by Crippen LogP contribution is 2.23. The Morgan fingerprint density at radius 2 is 1.79 bits per heavy atom. The summed E-state index contributed by atoms with van der Waals surface area (Å²) < 4.78 is 6.44. The molecule has 0 saturated carbocycles. The maximum atomic E-state index is 12.7. The number of benzene rings is 2. The fourth-order valence-electron chi connectivity index (χ4n) is 2.73. The summed E-state index contributed by atoms with van der Waals surface area (Å²) >= 11 is 0. The Balaban J connectivity index is 2.03. The van der Waals surface area contributed by atoms with Gasteiger partial charge in [-0.05, 0) is 25.5 Å². The summed E-state index contributed by atoms with van der Waals surface area (Å²) in [6.45, 7) is 3.89. The van der Waals surface area contributed by atoms with Gasteiger partial charge in [-0.25, -0.2) is 9.53 Å². The molecule has 0 fully saturated rings. The standard InChI is InChI=1S/C19H18N2O3/c1-12-9-10-15(13(2)11-12)20-18(22)16-17(21(3)24-19(16)23)14-7-5-4-6-8-14/h4-11H,1-3H3,(H,20,22). The first-order valence-corrected chi connectivity index (χ1v) is 7.61. The molecule has 0 aliphatic heterocycles. The number of carbonyl (C=O) groups excluding carboxylic acids is 1. The molecule has 1 heterocycles. The van der Waals surface area contributed by atoms with Gasteiger partial charge in [-0.3, -0.25) is 4.79 Å². The molecule has 1 aromatic heterocycles. The van der Waals surface area contributed by atoms with Gasteiger partial charge in [-0.1, -0.05) is 48.0 Å². The molecule has 0 bridgehead atoms. The minimum Gasteiger partial charge on any atom is -0.335 e. The van der Waals surface area contributed by atoms with Crippen molar-refractivity contribution in [3.05, 3.63) is 75.6 Å². The van der Waals surface area contributed by atoms with Gasteiger partial charge >= 0.3 is 5.63 Å². The van der Waals surface area contributed by atoms with E-state index in [0.29, 0.717) is 11.4 Å². The van der Waals surface area contributed by atoms with Crippen LogP contribution >= 0.6 is 0 Å². The zero-order valence-corrected chi connectivity index (χ0v) is 13.8. The lowest BCUT2D eigenvalue weighted by molar-refractivity contribution is 0.102. The number of aromatic nitrogens is 1. The highest BCUT2D eigenvalue weighted by molar-refractivity contribution is 6.08. The molecule has 1 amide bonds. The van der Waals surface area contributed by atoms with Crippen LogP contribution in [0.25, 0.3) is 11.3 Å². The SMILES string of the molecule is Cc1ccc(NC(=O)c2c(-c3ccccc3)n(C)oc2=O)c(C)c1. The molecule has 1 N–H and O–H groups in total. The fourth-order valence-corrected chi connectivity index (χ4v) is 2.73. The van der Waals surface area contributed by atoms with E-state index in [4.69, 9.17) is 4.52 Å². The summed E-state index contributed by atoms with van der Waals surface area (Å²) in [7, 11) is 1.61. The van der Waals surface area contributed by atoms with Crippen LogP contribution in [0.1, 0.15) is 21.5 Å². The third-order valence-corrected chi connectivity index (χ3v) is 3.88. The number of aryl methyl sites for hydroxylation is 3. The summed E-state index contributed by atoms with van der Waals surface area (Å²) in [6.07, 6.45) is 0. The predicted octanol–water partition coefficient (Wildman–Crippen LogP) is 3.51. The number of nitrogens with zero attached hydrogens (tertiary/aromatic N) is 1. The summed E-state index contributed by atoms with van der Waals surface area (Å²) in [4.78, 5) is 24.9. The first kappa shape index (κ1) is 15.8. The van der Waals surface area contributed by atoms with Crippen LogP contribution in [0.2, 0.25) is 0 Å². The van der Waals surface area contributed by atoms with Gasteiger partial charge < -0.3 is 9.84 Å². The van der Waals surface area contributed by atoms with E-state index in [2.05, 4.69) is 5.32 Å². The molecule has 5 nitrogen and oxygen atoms in total. The van der Waals surface area contributed by atoms with E-state index in [1.54, 1.807) is 7.05 Å². The lowest BCUT2D eigenvalue weighted by Crippen LogP contribution is -2.19. The number of hydrogen-bond donors (Lipinski definition) is 1. The Morgan fingerprint density at radius 3 is 2.46 bits per heavy atom. The number of rotatable bonds is 3. The fraction of sp³-hybridized carbons (Fsp3) is 0.158. The van der Waals surface area contributed by atoms with Gasteiger partial charge in [0.1, 0.15) is 5.69 Å². The molecule has 122 valence electrons. The van der Waals surface area contributed by atoms with Crippen molar-refractivity contribution in [2.75, 3.05) is 5.32 Å². The Labute approximate surface area is 139 Å². The molecule has 3 aromatic rings. The molecule has 24 heavy (non-hydrogen) atoms. The van der Waals surface area contributed by atoms with Gasteiger partial charge in [0.25, 0.3) is 5.91 Å². The topological polar surface area (TPSA) is 64.2 Å². The largest absolute Gasteiger partial charge is 0.370 e. The van der Waals surface area contributed by atoms with Crippen LogP contribution in [-0.4, -0.2) is 10.6 Å². The lowest BCUT2D eigenvalue weighted by Gasteiger charge is -2.09. The van der Waals surface area contributed by atoms with Crippen molar-refractivity contribution in [2.24, 2.45) is 7.05 Å². The van der Waals surface area contributed by atoms with Crippen molar-refractivity contribution in [1.82, 2.24) is 4.74 Å². The van der Waals surface area contributed by atoms with E-state index >= 15 is 0 Å². The minimum absolute atomic E-state index is 0.00340. The van der Waals surface area contributed by atoms with Crippen molar-refractivity contribution >= 4 is 11.6 Å². The number of nitrogens with one attached hydrogen (secondary N) is 1. The van der Waals surface area contributed by atoms with Crippen LogP contribution in [0.15, 0.2) is 57.8 Å². The van der Waals surface area contributed by atoms with Gasteiger partial charge in [0.05, 0.1) is 0 Å². The molecule has 0 unspecified atom stereocenters. The summed E-state index contributed by atoms with van der Waals surface area (Å²) in [5.41, 5.74) is 3.27. The van der Waals surface area contributed by atoms with E-state index in [1.807, 2.05) is 62.4 Å². The quantitative estimate of drug-likeness (QED) is 0.802. The Morgan fingerprint density at radius 1 is 1.08 bits per heavy atom. The van der Waals surface area contributed by atoms with Crippen molar-refractivity contribution in [3.63, 3.8) is 0 Å². The van der Waals surface area contributed by atoms with E-state index in [-0.39, 0.29) is 5.56 Å². The highest BCUT2D eigenvalue weighted by Gasteiger charge is 2.24. The van der Waals surface area contributed by atoms with E-state index in [9.17, 15) is 9.59 Å². The molecule has 0 aliphatic carbocycles. The smallest absolute Gasteiger partial charge is 0.335 e. The molecular weight excluding hydrogens is 304 g/mol. The van der Waals surface area contributed by atoms with Crippen LogP contribution in [-0.2, 0) is 7.05 Å². The van der Waals surface area contributed by atoms with Crippen molar-refractivity contribution < 1.29 is 9.32 Å². The summed E-state index contributed by atoms with van der Waals surface area (Å²) in [6, 6.07) is 14.9. The molecule has 2 aromatic carbocycles. The number of amides is 1. The summed E-state index contributed by atoms with van der Waals surface area (Å²) in [5, 5.41) is 2.81. The van der Waals surface area contributed by atoms with Crippen LogP contribution in [0.3, 0.4) is 0 Å². The molecular formula is C19H18N2O3.